The summed E-state index contributed by atoms with van der Waals surface area (Å²) in [5.41, 5.74) is 2.60. The van der Waals surface area contributed by atoms with Crippen LogP contribution < -0.4 is 0 Å². The number of fused-ring (bicyclic) bond motifs is 1. The molecule has 1 amide bonds. The summed E-state index contributed by atoms with van der Waals surface area (Å²) >= 11 is 3.27. The second-order valence-electron chi connectivity index (χ2n) is 4.79. The first-order chi connectivity index (χ1) is 10.1. The second kappa shape index (κ2) is 5.29. The summed E-state index contributed by atoms with van der Waals surface area (Å²) in [6.45, 7) is 0.895. The van der Waals surface area contributed by atoms with E-state index in [9.17, 15) is 9.59 Å². The van der Waals surface area contributed by atoms with Crippen molar-refractivity contribution < 1.29 is 14.7 Å². The van der Waals surface area contributed by atoms with E-state index >= 15 is 0 Å². The van der Waals surface area contributed by atoms with E-state index in [-0.39, 0.29) is 11.5 Å². The Kier molecular flexibility index (Phi) is 3.47. The quantitative estimate of drug-likeness (QED) is 0.848. The lowest BCUT2D eigenvalue weighted by atomic mass is 10.1. The molecule has 0 saturated carbocycles. The van der Waals surface area contributed by atoms with Crippen LogP contribution in [0.2, 0.25) is 0 Å². The Morgan fingerprint density at radius 2 is 1.95 bits per heavy atom. The number of carbonyl (C=O) groups excluding carboxylic acids is 1. The minimum atomic E-state index is -0.961. The van der Waals surface area contributed by atoms with Crippen molar-refractivity contribution in [3.8, 4) is 0 Å². The highest BCUT2D eigenvalue weighted by molar-refractivity contribution is 9.10. The third kappa shape index (κ3) is 2.54. The molecule has 1 aliphatic heterocycles. The van der Waals surface area contributed by atoms with Gasteiger partial charge in [0.1, 0.15) is 4.60 Å². The number of carboxylic acid groups (broad SMARTS) is 1. The highest BCUT2D eigenvalue weighted by atomic mass is 79.9. The average Bonchev–Trinajstić information content (AvgIpc) is 2.89. The molecule has 6 heteroatoms. The average molecular weight is 347 g/mol. The minimum Gasteiger partial charge on any atom is -0.478 e. The minimum absolute atomic E-state index is 0.122. The van der Waals surface area contributed by atoms with E-state index in [0.717, 1.165) is 11.1 Å². The molecule has 0 saturated heterocycles. The first-order valence-corrected chi connectivity index (χ1v) is 7.10. The molecule has 3 rings (SSSR count). The van der Waals surface area contributed by atoms with Crippen LogP contribution in [0.25, 0.3) is 0 Å². The zero-order valence-corrected chi connectivity index (χ0v) is 12.5. The lowest BCUT2D eigenvalue weighted by molar-refractivity contribution is 0.0696. The van der Waals surface area contributed by atoms with Gasteiger partial charge in [-0.05, 0) is 51.3 Å². The SMILES string of the molecule is O=C(O)c1ccc2c(c1)CN(C(=O)c1cccnc1Br)C2. The van der Waals surface area contributed by atoms with Crippen molar-refractivity contribution in [3.63, 3.8) is 0 Å². The van der Waals surface area contributed by atoms with Crippen LogP contribution in [0.15, 0.2) is 41.1 Å². The molecule has 5 nitrogen and oxygen atoms in total. The number of hydrogen-bond acceptors (Lipinski definition) is 3. The summed E-state index contributed by atoms with van der Waals surface area (Å²) in [5.74, 6) is -1.08. The molecule has 106 valence electrons. The molecule has 0 spiro atoms. The van der Waals surface area contributed by atoms with Crippen molar-refractivity contribution >= 4 is 27.8 Å². The van der Waals surface area contributed by atoms with Gasteiger partial charge in [0.25, 0.3) is 5.91 Å². The monoisotopic (exact) mass is 346 g/mol. The van der Waals surface area contributed by atoms with Crippen LogP contribution in [-0.4, -0.2) is 26.9 Å². The summed E-state index contributed by atoms with van der Waals surface area (Å²) in [5, 5.41) is 9.01. The van der Waals surface area contributed by atoms with Crippen molar-refractivity contribution in [3.05, 3.63) is 63.4 Å². The second-order valence-corrected chi connectivity index (χ2v) is 5.54. The fourth-order valence-electron chi connectivity index (χ4n) is 2.39. The van der Waals surface area contributed by atoms with Crippen molar-refractivity contribution in [2.45, 2.75) is 13.1 Å². The van der Waals surface area contributed by atoms with Crippen LogP contribution in [0, 0.1) is 0 Å². The number of aromatic nitrogens is 1. The molecule has 1 aromatic carbocycles. The summed E-state index contributed by atoms with van der Waals surface area (Å²) in [6.07, 6.45) is 1.61. The van der Waals surface area contributed by atoms with Gasteiger partial charge in [-0.2, -0.15) is 0 Å². The summed E-state index contributed by atoms with van der Waals surface area (Å²) in [4.78, 5) is 29.2. The van der Waals surface area contributed by atoms with Gasteiger partial charge >= 0.3 is 5.97 Å². The third-order valence-electron chi connectivity index (χ3n) is 3.45. The zero-order chi connectivity index (χ0) is 15.0. The normalized spacial score (nSPS) is 13.1. The standard InChI is InChI=1S/C15H11BrN2O3/c16-13-12(2-1-5-17-13)14(19)18-7-10-4-3-9(15(20)21)6-11(10)8-18/h1-6H,7-8H2,(H,20,21). The van der Waals surface area contributed by atoms with Gasteiger partial charge in [0, 0.05) is 19.3 Å². The first kappa shape index (κ1) is 13.8. The van der Waals surface area contributed by atoms with Crippen molar-refractivity contribution in [2.24, 2.45) is 0 Å². The highest BCUT2D eigenvalue weighted by Gasteiger charge is 2.26. The maximum atomic E-state index is 12.5. The maximum Gasteiger partial charge on any atom is 0.335 e. The molecule has 1 aromatic heterocycles. The van der Waals surface area contributed by atoms with E-state index in [0.29, 0.717) is 23.3 Å². The zero-order valence-electron chi connectivity index (χ0n) is 10.9. The summed E-state index contributed by atoms with van der Waals surface area (Å²) in [7, 11) is 0. The molecule has 0 atom stereocenters. The fraction of sp³-hybridized carbons (Fsp3) is 0.133. The van der Waals surface area contributed by atoms with Crippen LogP contribution in [0.4, 0.5) is 0 Å². The van der Waals surface area contributed by atoms with Gasteiger partial charge in [-0.1, -0.05) is 6.07 Å². The van der Waals surface area contributed by atoms with Crippen LogP contribution in [-0.2, 0) is 13.1 Å². The topological polar surface area (TPSA) is 70.5 Å². The predicted molar refractivity (Wildman–Crippen MR) is 78.9 cm³/mol. The Balaban J connectivity index is 1.86. The highest BCUT2D eigenvalue weighted by Crippen LogP contribution is 2.26. The van der Waals surface area contributed by atoms with E-state index < -0.39 is 5.97 Å². The molecule has 1 aliphatic rings. The van der Waals surface area contributed by atoms with Crippen LogP contribution >= 0.6 is 15.9 Å². The van der Waals surface area contributed by atoms with Crippen LogP contribution in [0.3, 0.4) is 0 Å². The number of hydrogen-bond donors (Lipinski definition) is 1. The number of aromatic carboxylic acids is 1. The van der Waals surface area contributed by atoms with Crippen LogP contribution in [0.5, 0.6) is 0 Å². The predicted octanol–water partition coefficient (Wildman–Crippen LogP) is 2.70. The molecular formula is C15H11BrN2O3. The van der Waals surface area contributed by atoms with E-state index in [1.54, 1.807) is 41.4 Å². The Morgan fingerprint density at radius 3 is 2.67 bits per heavy atom. The van der Waals surface area contributed by atoms with E-state index in [2.05, 4.69) is 20.9 Å². The summed E-state index contributed by atoms with van der Waals surface area (Å²) < 4.78 is 0.511. The molecule has 2 heterocycles. The lowest BCUT2D eigenvalue weighted by Crippen LogP contribution is -2.25. The molecule has 21 heavy (non-hydrogen) atoms. The van der Waals surface area contributed by atoms with Gasteiger partial charge in [-0.25, -0.2) is 9.78 Å². The largest absolute Gasteiger partial charge is 0.478 e. The van der Waals surface area contributed by atoms with Gasteiger partial charge in [0.15, 0.2) is 0 Å². The number of halogens is 1. The number of rotatable bonds is 2. The van der Waals surface area contributed by atoms with Gasteiger partial charge in [-0.3, -0.25) is 4.79 Å². The third-order valence-corrected chi connectivity index (χ3v) is 4.08. The van der Waals surface area contributed by atoms with Gasteiger partial charge in [0.05, 0.1) is 11.1 Å². The fourth-order valence-corrected chi connectivity index (χ4v) is 2.81. The number of pyridine rings is 1. The Bertz CT molecular complexity index is 745. The number of carboxylic acids is 1. The molecule has 0 radical (unpaired) electrons. The van der Waals surface area contributed by atoms with Crippen LogP contribution in [0.1, 0.15) is 31.8 Å². The molecule has 0 bridgehead atoms. The molecule has 0 fully saturated rings. The number of nitrogens with zero attached hydrogens (tertiary/aromatic N) is 2. The molecule has 0 aliphatic carbocycles. The van der Waals surface area contributed by atoms with Crippen molar-refractivity contribution in [1.29, 1.82) is 0 Å². The molecular weight excluding hydrogens is 336 g/mol. The molecule has 2 aromatic rings. The molecule has 0 unspecified atom stereocenters. The van der Waals surface area contributed by atoms with Gasteiger partial charge in [0.2, 0.25) is 0 Å². The lowest BCUT2D eigenvalue weighted by Gasteiger charge is -2.15. The smallest absolute Gasteiger partial charge is 0.335 e. The van der Waals surface area contributed by atoms with Gasteiger partial charge in [-0.15, -0.1) is 0 Å². The van der Waals surface area contributed by atoms with E-state index in [1.807, 2.05) is 0 Å². The Labute approximate surface area is 129 Å². The van der Waals surface area contributed by atoms with Crippen molar-refractivity contribution in [1.82, 2.24) is 9.88 Å². The van der Waals surface area contributed by atoms with Gasteiger partial charge < -0.3 is 10.0 Å². The Hall–Kier alpha value is -2.21. The first-order valence-electron chi connectivity index (χ1n) is 6.31. The number of benzene rings is 1. The number of amides is 1. The maximum absolute atomic E-state index is 12.5. The summed E-state index contributed by atoms with van der Waals surface area (Å²) in [6, 6.07) is 8.39. The van der Waals surface area contributed by atoms with Crippen molar-refractivity contribution in [2.75, 3.05) is 0 Å². The molecule has 1 N–H and O–H groups in total. The van der Waals surface area contributed by atoms with E-state index in [4.69, 9.17) is 5.11 Å². The Morgan fingerprint density at radius 1 is 1.19 bits per heavy atom. The van der Waals surface area contributed by atoms with E-state index in [1.165, 1.54) is 0 Å². The number of carbonyl (C=O) groups is 2.